The third-order valence-electron chi connectivity index (χ3n) is 11.1. The molecule has 270 valence electrons. The minimum atomic E-state index is 0.444. The summed E-state index contributed by atoms with van der Waals surface area (Å²) in [5.74, 6) is 0.542. The number of fused-ring (bicyclic) bond motifs is 7. The zero-order valence-corrected chi connectivity index (χ0v) is 31.3. The molecule has 0 saturated carbocycles. The number of nitriles is 1. The highest BCUT2D eigenvalue weighted by Gasteiger charge is 2.23. The zero-order valence-electron chi connectivity index (χ0n) is 31.3. The molecule has 0 N–H and O–H groups in total. The third kappa shape index (κ3) is 5.31. The predicted molar refractivity (Wildman–Crippen MR) is 237 cm³/mol. The van der Waals surface area contributed by atoms with Crippen LogP contribution < -0.4 is 0 Å². The van der Waals surface area contributed by atoms with E-state index in [9.17, 15) is 5.26 Å². The van der Waals surface area contributed by atoms with Gasteiger partial charge in [0, 0.05) is 49.6 Å². The number of benzene rings is 8. The monoisotopic (exact) mass is 739 g/mol. The predicted octanol–water partition coefficient (Wildman–Crippen LogP) is 13.2. The first-order chi connectivity index (χ1) is 28.7. The van der Waals surface area contributed by atoms with Crippen molar-refractivity contribution in [2.45, 2.75) is 0 Å². The molecule has 0 spiro atoms. The summed E-state index contributed by atoms with van der Waals surface area (Å²) in [5.41, 5.74) is 12.9. The molecule has 0 fully saturated rings. The van der Waals surface area contributed by atoms with Crippen LogP contribution in [0.5, 0.6) is 0 Å². The van der Waals surface area contributed by atoms with Crippen molar-refractivity contribution in [2.75, 3.05) is 0 Å². The number of hydrogen-bond acceptors (Lipinski definition) is 3. The molecule has 0 aliphatic heterocycles. The highest BCUT2D eigenvalue weighted by Crippen LogP contribution is 2.43. The maximum atomic E-state index is 10.7. The molecule has 58 heavy (non-hydrogen) atoms. The van der Waals surface area contributed by atoms with Crippen LogP contribution in [0.4, 0.5) is 0 Å². The second kappa shape index (κ2) is 13.6. The Morgan fingerprint density at radius 2 is 0.793 bits per heavy atom. The van der Waals surface area contributed by atoms with Crippen molar-refractivity contribution in [1.82, 2.24) is 19.1 Å². The number of aromatic nitrogens is 4. The first-order valence-corrected chi connectivity index (χ1v) is 19.4. The Morgan fingerprint density at radius 3 is 1.31 bits per heavy atom. The molecule has 11 rings (SSSR count). The molecule has 0 saturated heterocycles. The summed E-state index contributed by atoms with van der Waals surface area (Å²) in [6.45, 7) is 0. The van der Waals surface area contributed by atoms with E-state index in [0.29, 0.717) is 22.8 Å². The Kier molecular flexibility index (Phi) is 7.80. The molecule has 3 aromatic heterocycles. The van der Waals surface area contributed by atoms with E-state index in [0.717, 1.165) is 61.3 Å². The standard InChI is InChI=1S/C53H33N5/c54-34-46-49(36-19-7-2-8-20-36)55-53(56-50(46)37-21-9-3-10-22-37)39-31-38(35-17-5-1-6-18-35)32-41(33-39)58-48-28-16-14-26-43(48)45-30-29-44-42-25-13-15-27-47(42)57(51(44)52(45)58)40-23-11-4-12-24-40/h1-33H. The topological polar surface area (TPSA) is 59.4 Å². The van der Waals surface area contributed by atoms with E-state index in [4.69, 9.17) is 9.97 Å². The average Bonchev–Trinajstić information content (AvgIpc) is 3.83. The quantitative estimate of drug-likeness (QED) is 0.171. The van der Waals surface area contributed by atoms with Crippen LogP contribution in [0.25, 0.3) is 100 Å². The van der Waals surface area contributed by atoms with Gasteiger partial charge in [0.25, 0.3) is 0 Å². The average molecular weight is 740 g/mol. The number of para-hydroxylation sites is 3. The largest absolute Gasteiger partial charge is 0.307 e. The Labute approximate surface area is 335 Å². The summed E-state index contributed by atoms with van der Waals surface area (Å²) in [6.07, 6.45) is 0. The van der Waals surface area contributed by atoms with Gasteiger partial charge in [0.1, 0.15) is 11.6 Å². The van der Waals surface area contributed by atoms with E-state index in [-0.39, 0.29) is 0 Å². The summed E-state index contributed by atoms with van der Waals surface area (Å²) >= 11 is 0. The van der Waals surface area contributed by atoms with Gasteiger partial charge in [-0.05, 0) is 53.6 Å². The van der Waals surface area contributed by atoms with Gasteiger partial charge in [-0.1, -0.05) is 158 Å². The second-order valence-corrected chi connectivity index (χ2v) is 14.5. The smallest absolute Gasteiger partial charge is 0.160 e. The van der Waals surface area contributed by atoms with Crippen LogP contribution in [0.1, 0.15) is 5.56 Å². The fourth-order valence-corrected chi connectivity index (χ4v) is 8.59. The molecule has 5 nitrogen and oxygen atoms in total. The van der Waals surface area contributed by atoms with E-state index in [2.05, 4.69) is 149 Å². The molecule has 5 heteroatoms. The lowest BCUT2D eigenvalue weighted by Crippen LogP contribution is -2.03. The molecule has 0 amide bonds. The molecule has 3 heterocycles. The van der Waals surface area contributed by atoms with Crippen molar-refractivity contribution in [3.8, 4) is 62.5 Å². The molecule has 0 atom stereocenters. The zero-order chi connectivity index (χ0) is 38.6. The number of rotatable bonds is 6. The highest BCUT2D eigenvalue weighted by molar-refractivity contribution is 6.23. The minimum absolute atomic E-state index is 0.444. The van der Waals surface area contributed by atoms with E-state index in [1.807, 2.05) is 66.7 Å². The third-order valence-corrected chi connectivity index (χ3v) is 11.1. The summed E-state index contributed by atoms with van der Waals surface area (Å²) in [4.78, 5) is 10.5. The number of hydrogen-bond donors (Lipinski definition) is 0. The summed E-state index contributed by atoms with van der Waals surface area (Å²) in [7, 11) is 0. The van der Waals surface area contributed by atoms with Crippen LogP contribution in [0.15, 0.2) is 200 Å². The van der Waals surface area contributed by atoms with Gasteiger partial charge < -0.3 is 9.13 Å². The van der Waals surface area contributed by atoms with Gasteiger partial charge in [0.15, 0.2) is 5.82 Å². The maximum absolute atomic E-state index is 10.7. The highest BCUT2D eigenvalue weighted by atomic mass is 15.0. The van der Waals surface area contributed by atoms with E-state index >= 15 is 0 Å². The van der Waals surface area contributed by atoms with Crippen molar-refractivity contribution in [1.29, 1.82) is 5.26 Å². The van der Waals surface area contributed by atoms with Crippen LogP contribution in [0.2, 0.25) is 0 Å². The van der Waals surface area contributed by atoms with Gasteiger partial charge in [0.05, 0.1) is 33.5 Å². The van der Waals surface area contributed by atoms with Gasteiger partial charge in [-0.3, -0.25) is 0 Å². The van der Waals surface area contributed by atoms with E-state index in [1.54, 1.807) is 0 Å². The summed E-state index contributed by atoms with van der Waals surface area (Å²) < 4.78 is 4.83. The SMILES string of the molecule is N#Cc1c(-c2ccccc2)nc(-c2cc(-c3ccccc3)cc(-n3c4ccccc4c4ccc5c6ccccc6n(-c6ccccc6)c5c43)c2)nc1-c1ccccc1. The van der Waals surface area contributed by atoms with Gasteiger partial charge in [0.2, 0.25) is 0 Å². The van der Waals surface area contributed by atoms with Crippen molar-refractivity contribution in [3.63, 3.8) is 0 Å². The first-order valence-electron chi connectivity index (χ1n) is 19.4. The second-order valence-electron chi connectivity index (χ2n) is 14.5. The van der Waals surface area contributed by atoms with Gasteiger partial charge >= 0.3 is 0 Å². The molecule has 0 unspecified atom stereocenters. The summed E-state index contributed by atoms with van der Waals surface area (Å²) in [5, 5.41) is 15.4. The fraction of sp³-hybridized carbons (Fsp3) is 0. The van der Waals surface area contributed by atoms with Crippen molar-refractivity contribution in [3.05, 3.63) is 206 Å². The van der Waals surface area contributed by atoms with E-state index in [1.165, 1.54) is 21.5 Å². The van der Waals surface area contributed by atoms with Crippen LogP contribution in [-0.4, -0.2) is 19.1 Å². The Morgan fingerprint density at radius 1 is 0.362 bits per heavy atom. The van der Waals surface area contributed by atoms with Crippen molar-refractivity contribution < 1.29 is 0 Å². The van der Waals surface area contributed by atoms with Crippen molar-refractivity contribution in [2.24, 2.45) is 0 Å². The fourth-order valence-electron chi connectivity index (χ4n) is 8.59. The van der Waals surface area contributed by atoms with Gasteiger partial charge in [-0.2, -0.15) is 5.26 Å². The molecule has 0 radical (unpaired) electrons. The van der Waals surface area contributed by atoms with Crippen LogP contribution in [0.3, 0.4) is 0 Å². The minimum Gasteiger partial charge on any atom is -0.307 e. The first kappa shape index (κ1) is 33.3. The normalized spacial score (nSPS) is 11.4. The van der Waals surface area contributed by atoms with Crippen LogP contribution in [-0.2, 0) is 0 Å². The summed E-state index contributed by atoms with van der Waals surface area (Å²) in [6, 6.07) is 72.0. The molecule has 0 aliphatic carbocycles. The molecule has 0 aliphatic rings. The van der Waals surface area contributed by atoms with Gasteiger partial charge in [-0.15, -0.1) is 0 Å². The molecular formula is C53H33N5. The van der Waals surface area contributed by atoms with Crippen LogP contribution in [0, 0.1) is 11.3 Å². The van der Waals surface area contributed by atoms with E-state index < -0.39 is 0 Å². The van der Waals surface area contributed by atoms with Crippen molar-refractivity contribution >= 4 is 43.6 Å². The molecule has 0 bridgehead atoms. The Bertz CT molecular complexity index is 3320. The lowest BCUT2D eigenvalue weighted by atomic mass is 9.98. The Balaban J connectivity index is 1.27. The lowest BCUT2D eigenvalue weighted by molar-refractivity contribution is 1.14. The molecule has 11 aromatic rings. The van der Waals surface area contributed by atoms with Crippen LogP contribution >= 0.6 is 0 Å². The maximum Gasteiger partial charge on any atom is 0.160 e. The number of nitrogens with zero attached hydrogens (tertiary/aromatic N) is 5. The lowest BCUT2D eigenvalue weighted by Gasteiger charge is -2.16. The van der Waals surface area contributed by atoms with Gasteiger partial charge in [-0.25, -0.2) is 9.97 Å². The Hall–Kier alpha value is -8.07. The molecule has 8 aromatic carbocycles. The molecular weight excluding hydrogens is 707 g/mol.